The number of dihydropyridines is 1. The molecule has 1 atom stereocenters. The standard InChI is InChI=1S/C20H15ClFNO2.CH5N/c1-12-8-14-9-13(10-18(21)20(14)24-12)19-7-6-17(11-23-19)25-16-4-2-15(22)3-5-16;1-2/h2-11,19,23H,1H3;2H2,1H3. The van der Waals surface area contributed by atoms with Crippen LogP contribution in [0.3, 0.4) is 0 Å². The van der Waals surface area contributed by atoms with Gasteiger partial charge in [-0.3, -0.25) is 0 Å². The lowest BCUT2D eigenvalue weighted by Crippen LogP contribution is -2.18. The average Bonchev–Trinajstić information content (AvgIpc) is 3.07. The summed E-state index contributed by atoms with van der Waals surface area (Å²) in [5.74, 6) is 1.77. The number of rotatable bonds is 3. The van der Waals surface area contributed by atoms with Crippen molar-refractivity contribution >= 4 is 22.6 Å². The molecular weight excluding hydrogens is 367 g/mol. The Morgan fingerprint density at radius 2 is 1.89 bits per heavy atom. The number of hydrogen-bond donors (Lipinski definition) is 2. The molecule has 0 radical (unpaired) electrons. The van der Waals surface area contributed by atoms with Crippen molar-refractivity contribution in [2.45, 2.75) is 13.0 Å². The fraction of sp³-hybridized carbons (Fsp3) is 0.143. The van der Waals surface area contributed by atoms with Gasteiger partial charge >= 0.3 is 0 Å². The number of furan rings is 1. The van der Waals surface area contributed by atoms with Crippen LogP contribution in [0, 0.1) is 12.7 Å². The Bertz CT molecular complexity index is 993. The molecule has 0 amide bonds. The lowest BCUT2D eigenvalue weighted by molar-refractivity contribution is 0.432. The van der Waals surface area contributed by atoms with E-state index in [0.29, 0.717) is 22.1 Å². The smallest absolute Gasteiger partial charge is 0.152 e. The first-order valence-electron chi connectivity index (χ1n) is 8.44. The van der Waals surface area contributed by atoms with E-state index in [0.717, 1.165) is 16.7 Å². The third-order valence-corrected chi connectivity index (χ3v) is 4.26. The number of nitrogens with two attached hydrogens (primary N) is 1. The fourth-order valence-corrected chi connectivity index (χ4v) is 3.09. The van der Waals surface area contributed by atoms with Crippen molar-refractivity contribution in [2.75, 3.05) is 7.05 Å². The number of allylic oxidation sites excluding steroid dienone is 1. The molecule has 2 heterocycles. The van der Waals surface area contributed by atoms with E-state index in [1.807, 2.05) is 31.2 Å². The molecule has 1 aliphatic rings. The van der Waals surface area contributed by atoms with E-state index in [2.05, 4.69) is 17.1 Å². The molecular formula is C21H20ClFN2O2. The van der Waals surface area contributed by atoms with Crippen molar-refractivity contribution in [3.63, 3.8) is 0 Å². The Morgan fingerprint density at radius 3 is 2.56 bits per heavy atom. The lowest BCUT2D eigenvalue weighted by Gasteiger charge is -2.19. The van der Waals surface area contributed by atoms with Crippen LogP contribution in [0.25, 0.3) is 11.0 Å². The molecule has 1 aliphatic heterocycles. The average molecular weight is 387 g/mol. The van der Waals surface area contributed by atoms with Crippen LogP contribution >= 0.6 is 11.6 Å². The zero-order valence-electron chi connectivity index (χ0n) is 15.0. The van der Waals surface area contributed by atoms with Crippen LogP contribution in [0.1, 0.15) is 17.4 Å². The number of aryl methyl sites for hydroxylation is 1. The van der Waals surface area contributed by atoms with Crippen LogP contribution in [-0.2, 0) is 0 Å². The van der Waals surface area contributed by atoms with Gasteiger partial charge in [0.05, 0.1) is 11.1 Å². The number of hydrogen-bond acceptors (Lipinski definition) is 4. The monoisotopic (exact) mass is 386 g/mol. The van der Waals surface area contributed by atoms with E-state index >= 15 is 0 Å². The minimum atomic E-state index is -0.291. The number of ether oxygens (including phenoxy) is 1. The van der Waals surface area contributed by atoms with Crippen molar-refractivity contribution in [3.05, 3.63) is 88.7 Å². The highest BCUT2D eigenvalue weighted by atomic mass is 35.5. The van der Waals surface area contributed by atoms with Crippen molar-refractivity contribution in [3.8, 4) is 5.75 Å². The van der Waals surface area contributed by atoms with Gasteiger partial charge in [0.2, 0.25) is 0 Å². The summed E-state index contributed by atoms with van der Waals surface area (Å²) in [5.41, 5.74) is 6.24. The molecule has 1 unspecified atom stereocenters. The first kappa shape index (κ1) is 19.0. The van der Waals surface area contributed by atoms with Crippen LogP contribution in [0.15, 0.2) is 71.0 Å². The second kappa shape index (κ2) is 8.29. The molecule has 0 saturated heterocycles. The summed E-state index contributed by atoms with van der Waals surface area (Å²) < 4.78 is 24.2. The van der Waals surface area contributed by atoms with Crippen LogP contribution < -0.4 is 15.8 Å². The molecule has 2 aromatic carbocycles. The van der Waals surface area contributed by atoms with Gasteiger partial charge in [-0.15, -0.1) is 0 Å². The van der Waals surface area contributed by atoms with Crippen molar-refractivity contribution in [1.82, 2.24) is 5.32 Å². The molecule has 27 heavy (non-hydrogen) atoms. The normalized spacial score (nSPS) is 15.6. The van der Waals surface area contributed by atoms with E-state index in [9.17, 15) is 4.39 Å². The molecule has 3 aromatic rings. The van der Waals surface area contributed by atoms with Gasteiger partial charge in [-0.1, -0.05) is 17.7 Å². The number of benzene rings is 2. The molecule has 1 aromatic heterocycles. The Labute approximate surface area is 162 Å². The second-order valence-corrected chi connectivity index (χ2v) is 6.29. The first-order chi connectivity index (χ1) is 13.1. The molecule has 3 N–H and O–H groups in total. The van der Waals surface area contributed by atoms with E-state index in [-0.39, 0.29) is 11.9 Å². The van der Waals surface area contributed by atoms with Crippen molar-refractivity contribution in [2.24, 2.45) is 5.73 Å². The predicted octanol–water partition coefficient (Wildman–Crippen LogP) is 5.23. The number of nitrogens with one attached hydrogen (secondary N) is 1. The Kier molecular flexibility index (Phi) is 5.84. The quantitative estimate of drug-likeness (QED) is 0.647. The topological polar surface area (TPSA) is 60.4 Å². The number of fused-ring (bicyclic) bond motifs is 1. The Morgan fingerprint density at radius 1 is 1.15 bits per heavy atom. The first-order valence-corrected chi connectivity index (χ1v) is 8.81. The minimum Gasteiger partial charge on any atom is -0.460 e. The molecule has 0 bridgehead atoms. The maximum Gasteiger partial charge on any atom is 0.152 e. The van der Waals surface area contributed by atoms with Gasteiger partial charge in [-0.05, 0) is 68.1 Å². The molecule has 0 spiro atoms. The summed E-state index contributed by atoms with van der Waals surface area (Å²) in [5, 5.41) is 4.85. The van der Waals surface area contributed by atoms with E-state index in [1.54, 1.807) is 18.3 Å². The van der Waals surface area contributed by atoms with Crippen LogP contribution in [-0.4, -0.2) is 7.05 Å². The molecule has 0 saturated carbocycles. The van der Waals surface area contributed by atoms with Gasteiger partial charge in [0, 0.05) is 11.6 Å². The molecule has 0 fully saturated rings. The fourth-order valence-electron chi connectivity index (χ4n) is 2.82. The zero-order valence-corrected chi connectivity index (χ0v) is 15.8. The highest BCUT2D eigenvalue weighted by Crippen LogP contribution is 2.32. The molecule has 6 heteroatoms. The third-order valence-electron chi connectivity index (χ3n) is 3.98. The number of halogens is 2. The third kappa shape index (κ3) is 4.32. The Balaban J connectivity index is 0.00000102. The molecule has 4 rings (SSSR count). The zero-order chi connectivity index (χ0) is 19.4. The van der Waals surface area contributed by atoms with Crippen LogP contribution in [0.4, 0.5) is 4.39 Å². The summed E-state index contributed by atoms with van der Waals surface area (Å²) in [6.07, 6.45) is 5.65. The molecule has 4 nitrogen and oxygen atoms in total. The predicted molar refractivity (Wildman–Crippen MR) is 106 cm³/mol. The van der Waals surface area contributed by atoms with Gasteiger partial charge in [0.1, 0.15) is 23.1 Å². The van der Waals surface area contributed by atoms with E-state index in [1.165, 1.54) is 19.2 Å². The largest absolute Gasteiger partial charge is 0.460 e. The van der Waals surface area contributed by atoms with Gasteiger partial charge in [0.25, 0.3) is 0 Å². The highest BCUT2D eigenvalue weighted by Gasteiger charge is 2.15. The maximum atomic E-state index is 12.9. The van der Waals surface area contributed by atoms with Crippen LogP contribution in [0.5, 0.6) is 5.75 Å². The minimum absolute atomic E-state index is 0.0160. The second-order valence-electron chi connectivity index (χ2n) is 5.88. The highest BCUT2D eigenvalue weighted by molar-refractivity contribution is 6.34. The summed E-state index contributed by atoms with van der Waals surface area (Å²) in [6, 6.07) is 11.8. The summed E-state index contributed by atoms with van der Waals surface area (Å²) in [4.78, 5) is 0. The molecule has 0 aliphatic carbocycles. The lowest BCUT2D eigenvalue weighted by atomic mass is 10.0. The summed E-state index contributed by atoms with van der Waals surface area (Å²) in [7, 11) is 1.50. The van der Waals surface area contributed by atoms with Crippen LogP contribution in [0.2, 0.25) is 5.02 Å². The molecule has 140 valence electrons. The van der Waals surface area contributed by atoms with E-state index in [4.69, 9.17) is 20.8 Å². The maximum absolute atomic E-state index is 12.9. The van der Waals surface area contributed by atoms with Gasteiger partial charge < -0.3 is 20.2 Å². The van der Waals surface area contributed by atoms with E-state index < -0.39 is 0 Å². The van der Waals surface area contributed by atoms with Crippen molar-refractivity contribution in [1.29, 1.82) is 0 Å². The van der Waals surface area contributed by atoms with Crippen molar-refractivity contribution < 1.29 is 13.5 Å². The van der Waals surface area contributed by atoms with Gasteiger partial charge in [-0.25, -0.2) is 4.39 Å². The SMILES string of the molecule is CN.Cc1cc2cc(C3C=CC(Oc4ccc(F)cc4)=CN3)cc(Cl)c2o1. The Hall–Kier alpha value is -2.76. The van der Waals surface area contributed by atoms with Gasteiger partial charge in [0.15, 0.2) is 5.58 Å². The van der Waals surface area contributed by atoms with Gasteiger partial charge in [-0.2, -0.15) is 0 Å². The summed E-state index contributed by atoms with van der Waals surface area (Å²) in [6.45, 7) is 1.90. The summed E-state index contributed by atoms with van der Waals surface area (Å²) >= 11 is 6.33.